The molecule has 1 N–H and O–H groups in total. The fraction of sp³-hybridized carbons (Fsp3) is 0.0667. The third-order valence-electron chi connectivity index (χ3n) is 3.05. The predicted molar refractivity (Wildman–Crippen MR) is 73.0 cm³/mol. The van der Waals surface area contributed by atoms with Gasteiger partial charge in [0.25, 0.3) is 0 Å². The quantitative estimate of drug-likeness (QED) is 0.792. The lowest BCUT2D eigenvalue weighted by Gasteiger charge is -2.08. The SMILES string of the molecule is Cc1ccccc1-n1nc(C(=O)O)cc1-c1ccco1. The van der Waals surface area contributed by atoms with Gasteiger partial charge in [-0.25, -0.2) is 9.48 Å². The third kappa shape index (κ3) is 1.99. The zero-order valence-electron chi connectivity index (χ0n) is 10.8. The van der Waals surface area contributed by atoms with Gasteiger partial charge in [0.05, 0.1) is 12.0 Å². The molecular formula is C15H12N2O3. The summed E-state index contributed by atoms with van der Waals surface area (Å²) in [7, 11) is 0. The molecule has 0 amide bonds. The largest absolute Gasteiger partial charge is 0.476 e. The number of para-hydroxylation sites is 1. The van der Waals surface area contributed by atoms with E-state index >= 15 is 0 Å². The number of carboxylic acid groups (broad SMARTS) is 1. The summed E-state index contributed by atoms with van der Waals surface area (Å²) >= 11 is 0. The number of aromatic nitrogens is 2. The average Bonchev–Trinajstić information content (AvgIpc) is 3.08. The van der Waals surface area contributed by atoms with E-state index in [4.69, 9.17) is 9.52 Å². The Balaban J connectivity index is 2.24. The predicted octanol–water partition coefficient (Wildman–Crippen LogP) is 3.14. The average molecular weight is 268 g/mol. The highest BCUT2D eigenvalue weighted by Crippen LogP contribution is 2.25. The third-order valence-corrected chi connectivity index (χ3v) is 3.05. The first-order valence-corrected chi connectivity index (χ1v) is 6.10. The summed E-state index contributed by atoms with van der Waals surface area (Å²) in [5.74, 6) is -0.488. The summed E-state index contributed by atoms with van der Waals surface area (Å²) < 4.78 is 6.96. The van der Waals surface area contributed by atoms with E-state index in [9.17, 15) is 4.79 Å². The first-order chi connectivity index (χ1) is 9.66. The van der Waals surface area contributed by atoms with Crippen molar-refractivity contribution < 1.29 is 14.3 Å². The first-order valence-electron chi connectivity index (χ1n) is 6.10. The van der Waals surface area contributed by atoms with Crippen molar-refractivity contribution in [2.24, 2.45) is 0 Å². The maximum absolute atomic E-state index is 11.1. The number of hydrogen-bond acceptors (Lipinski definition) is 3. The lowest BCUT2D eigenvalue weighted by molar-refractivity contribution is 0.0690. The molecule has 3 aromatic rings. The normalized spacial score (nSPS) is 10.7. The number of hydrogen-bond donors (Lipinski definition) is 1. The lowest BCUT2D eigenvalue weighted by Crippen LogP contribution is -2.03. The summed E-state index contributed by atoms with van der Waals surface area (Å²) in [5, 5.41) is 13.3. The molecule has 5 nitrogen and oxygen atoms in total. The zero-order chi connectivity index (χ0) is 14.1. The number of nitrogens with zero attached hydrogens (tertiary/aromatic N) is 2. The Morgan fingerprint density at radius 1 is 1.25 bits per heavy atom. The molecule has 0 bridgehead atoms. The summed E-state index contributed by atoms with van der Waals surface area (Å²) in [6.45, 7) is 1.95. The molecule has 3 rings (SSSR count). The van der Waals surface area contributed by atoms with Crippen LogP contribution in [0.2, 0.25) is 0 Å². The highest BCUT2D eigenvalue weighted by Gasteiger charge is 2.18. The van der Waals surface area contributed by atoms with E-state index in [-0.39, 0.29) is 5.69 Å². The molecule has 0 unspecified atom stereocenters. The maximum Gasteiger partial charge on any atom is 0.356 e. The fourth-order valence-corrected chi connectivity index (χ4v) is 2.07. The highest BCUT2D eigenvalue weighted by atomic mass is 16.4. The van der Waals surface area contributed by atoms with Gasteiger partial charge in [0.15, 0.2) is 11.5 Å². The number of furan rings is 1. The summed E-state index contributed by atoms with van der Waals surface area (Å²) in [6, 6.07) is 12.7. The number of carboxylic acids is 1. The van der Waals surface area contributed by atoms with Gasteiger partial charge in [-0.3, -0.25) is 0 Å². The van der Waals surface area contributed by atoms with Crippen molar-refractivity contribution in [1.29, 1.82) is 0 Å². The maximum atomic E-state index is 11.1. The van der Waals surface area contributed by atoms with Crippen molar-refractivity contribution in [3.63, 3.8) is 0 Å². The van der Waals surface area contributed by atoms with Crippen LogP contribution < -0.4 is 0 Å². The lowest BCUT2D eigenvalue weighted by atomic mass is 10.2. The molecule has 0 spiro atoms. The van der Waals surface area contributed by atoms with Gasteiger partial charge < -0.3 is 9.52 Å². The molecule has 0 aliphatic heterocycles. The van der Waals surface area contributed by atoms with Crippen LogP contribution in [0.4, 0.5) is 0 Å². The topological polar surface area (TPSA) is 68.3 Å². The monoisotopic (exact) mass is 268 g/mol. The second kappa shape index (κ2) is 4.70. The minimum Gasteiger partial charge on any atom is -0.476 e. The summed E-state index contributed by atoms with van der Waals surface area (Å²) in [5.41, 5.74) is 2.42. The van der Waals surface area contributed by atoms with Crippen LogP contribution in [0.5, 0.6) is 0 Å². The number of rotatable bonds is 3. The number of aromatic carboxylic acids is 1. The van der Waals surface area contributed by atoms with Crippen LogP contribution >= 0.6 is 0 Å². The Bertz CT molecular complexity index is 757. The van der Waals surface area contributed by atoms with Crippen LogP contribution in [0.1, 0.15) is 16.1 Å². The van der Waals surface area contributed by atoms with Gasteiger partial charge >= 0.3 is 5.97 Å². The molecule has 0 aliphatic rings. The van der Waals surface area contributed by atoms with Gasteiger partial charge in [-0.05, 0) is 30.7 Å². The minimum atomic E-state index is -1.06. The molecule has 0 saturated carbocycles. The van der Waals surface area contributed by atoms with Crippen molar-refractivity contribution in [2.45, 2.75) is 6.92 Å². The first kappa shape index (κ1) is 12.2. The van der Waals surface area contributed by atoms with Gasteiger partial charge in [0.1, 0.15) is 5.69 Å². The van der Waals surface area contributed by atoms with Gasteiger partial charge in [0.2, 0.25) is 0 Å². The molecule has 0 fully saturated rings. The second-order valence-electron chi connectivity index (χ2n) is 4.40. The van der Waals surface area contributed by atoms with Gasteiger partial charge in [-0.1, -0.05) is 18.2 Å². The second-order valence-corrected chi connectivity index (χ2v) is 4.40. The molecule has 0 atom stereocenters. The van der Waals surface area contributed by atoms with Crippen LogP contribution in [-0.4, -0.2) is 20.9 Å². The molecule has 2 aromatic heterocycles. The van der Waals surface area contributed by atoms with Crippen molar-refractivity contribution in [1.82, 2.24) is 9.78 Å². The Morgan fingerprint density at radius 3 is 2.70 bits per heavy atom. The Labute approximate surface area is 115 Å². The number of carbonyl (C=O) groups is 1. The van der Waals surface area contributed by atoms with Gasteiger partial charge in [-0.2, -0.15) is 5.10 Å². The van der Waals surface area contributed by atoms with E-state index in [1.165, 1.54) is 6.07 Å². The van der Waals surface area contributed by atoms with E-state index in [0.29, 0.717) is 11.5 Å². The van der Waals surface area contributed by atoms with E-state index in [0.717, 1.165) is 11.3 Å². The molecule has 2 heterocycles. The Kier molecular flexibility index (Phi) is 2.87. The van der Waals surface area contributed by atoms with Crippen LogP contribution in [0, 0.1) is 6.92 Å². The van der Waals surface area contributed by atoms with Crippen molar-refractivity contribution in [2.75, 3.05) is 0 Å². The minimum absolute atomic E-state index is 0.0142. The van der Waals surface area contributed by atoms with Crippen LogP contribution in [0.3, 0.4) is 0 Å². The van der Waals surface area contributed by atoms with E-state index in [2.05, 4.69) is 5.10 Å². The van der Waals surface area contributed by atoms with Crippen molar-refractivity contribution in [3.8, 4) is 17.1 Å². The van der Waals surface area contributed by atoms with Crippen molar-refractivity contribution in [3.05, 3.63) is 60.0 Å². The molecule has 1 aromatic carbocycles. The Hall–Kier alpha value is -2.82. The van der Waals surface area contributed by atoms with Crippen LogP contribution in [0.25, 0.3) is 17.1 Å². The molecule has 5 heteroatoms. The van der Waals surface area contributed by atoms with E-state index in [1.54, 1.807) is 23.1 Å². The Morgan fingerprint density at radius 2 is 2.05 bits per heavy atom. The number of benzene rings is 1. The zero-order valence-corrected chi connectivity index (χ0v) is 10.8. The van der Waals surface area contributed by atoms with Crippen molar-refractivity contribution >= 4 is 5.97 Å². The molecule has 0 aliphatic carbocycles. The van der Waals surface area contributed by atoms with Crippen LogP contribution in [0.15, 0.2) is 53.1 Å². The molecule has 20 heavy (non-hydrogen) atoms. The molecular weight excluding hydrogens is 256 g/mol. The summed E-state index contributed by atoms with van der Waals surface area (Å²) in [4.78, 5) is 11.1. The van der Waals surface area contributed by atoms with E-state index in [1.807, 2.05) is 31.2 Å². The van der Waals surface area contributed by atoms with Gasteiger partial charge in [-0.15, -0.1) is 0 Å². The van der Waals surface area contributed by atoms with E-state index < -0.39 is 5.97 Å². The number of aryl methyl sites for hydroxylation is 1. The van der Waals surface area contributed by atoms with Gasteiger partial charge in [0, 0.05) is 6.07 Å². The highest BCUT2D eigenvalue weighted by molar-refractivity contribution is 5.87. The fourth-order valence-electron chi connectivity index (χ4n) is 2.07. The smallest absolute Gasteiger partial charge is 0.356 e. The summed E-state index contributed by atoms with van der Waals surface area (Å²) in [6.07, 6.45) is 1.55. The van der Waals surface area contributed by atoms with Crippen LogP contribution in [-0.2, 0) is 0 Å². The molecule has 0 radical (unpaired) electrons. The molecule has 0 saturated heterocycles. The molecule has 100 valence electrons. The standard InChI is InChI=1S/C15H12N2O3/c1-10-5-2-3-6-12(10)17-13(14-7-4-8-20-14)9-11(16-17)15(18)19/h2-9H,1H3,(H,18,19).